The normalized spacial score (nSPS) is 14.5. The van der Waals surface area contributed by atoms with Crippen LogP contribution in [0.25, 0.3) is 0 Å². The zero-order valence-electron chi connectivity index (χ0n) is 11.6. The molecule has 1 aliphatic rings. The quantitative estimate of drug-likeness (QED) is 0.800. The summed E-state index contributed by atoms with van der Waals surface area (Å²) >= 11 is 0. The average molecular weight is 253 g/mol. The minimum Gasteiger partial charge on any atom is -0.349 e. The minimum atomic E-state index is 0.306. The number of hydrogen-bond donors (Lipinski definition) is 0. The van der Waals surface area contributed by atoms with Gasteiger partial charge in [0.1, 0.15) is 0 Å². The second kappa shape index (κ2) is 4.69. The number of aryl methyl sites for hydroxylation is 3. The summed E-state index contributed by atoms with van der Waals surface area (Å²) in [6, 6.07) is 6.57. The lowest BCUT2D eigenvalue weighted by atomic mass is 9.95. The van der Waals surface area contributed by atoms with Gasteiger partial charge in [0, 0.05) is 30.9 Å². The summed E-state index contributed by atoms with van der Waals surface area (Å²) < 4.78 is 2.15. The Balaban J connectivity index is 1.87. The molecule has 0 saturated carbocycles. The first-order valence-electron chi connectivity index (χ1n) is 6.91. The standard InChI is InChI=1S/C17H19NO/c1-12-6-7-14(8-13(12)2)9-18-10-15-4-3-5-17(19)16(15)11-18/h6-8,10-11H,3-5,9H2,1-2H3. The van der Waals surface area contributed by atoms with E-state index in [4.69, 9.17) is 0 Å². The van der Waals surface area contributed by atoms with Gasteiger partial charge in [-0.2, -0.15) is 0 Å². The predicted octanol–water partition coefficient (Wildman–Crippen LogP) is 3.67. The third-order valence-corrected chi connectivity index (χ3v) is 4.05. The Hall–Kier alpha value is -1.83. The van der Waals surface area contributed by atoms with Gasteiger partial charge in [-0.25, -0.2) is 0 Å². The van der Waals surface area contributed by atoms with Crippen LogP contribution in [0.4, 0.5) is 0 Å². The van der Waals surface area contributed by atoms with Crippen molar-refractivity contribution in [3.63, 3.8) is 0 Å². The number of carbonyl (C=O) groups is 1. The van der Waals surface area contributed by atoms with Gasteiger partial charge >= 0.3 is 0 Å². The molecule has 0 unspecified atom stereocenters. The van der Waals surface area contributed by atoms with Crippen LogP contribution >= 0.6 is 0 Å². The van der Waals surface area contributed by atoms with Gasteiger partial charge in [0.15, 0.2) is 5.78 Å². The molecule has 1 aromatic carbocycles. The molecule has 0 atom stereocenters. The van der Waals surface area contributed by atoms with Crippen molar-refractivity contribution < 1.29 is 4.79 Å². The summed E-state index contributed by atoms with van der Waals surface area (Å²) in [6.45, 7) is 5.12. The highest BCUT2D eigenvalue weighted by atomic mass is 16.1. The van der Waals surface area contributed by atoms with Crippen molar-refractivity contribution in [2.75, 3.05) is 0 Å². The molecule has 3 rings (SSSR count). The van der Waals surface area contributed by atoms with E-state index in [9.17, 15) is 4.79 Å². The summed E-state index contributed by atoms with van der Waals surface area (Å²) in [5, 5.41) is 0. The van der Waals surface area contributed by atoms with Crippen molar-refractivity contribution in [2.45, 2.75) is 39.7 Å². The van der Waals surface area contributed by atoms with Crippen LogP contribution in [0.1, 0.15) is 45.5 Å². The van der Waals surface area contributed by atoms with Crippen molar-refractivity contribution in [1.82, 2.24) is 4.57 Å². The molecule has 0 fully saturated rings. The Morgan fingerprint density at radius 3 is 2.68 bits per heavy atom. The van der Waals surface area contributed by atoms with E-state index in [1.54, 1.807) is 0 Å². The summed E-state index contributed by atoms with van der Waals surface area (Å²) in [6.07, 6.45) is 6.91. The number of Topliss-reactive ketones (excluding diaryl/α,β-unsaturated/α-hetero) is 1. The Labute approximate surface area is 114 Å². The summed E-state index contributed by atoms with van der Waals surface area (Å²) in [5.74, 6) is 0.306. The molecule has 0 aliphatic heterocycles. The smallest absolute Gasteiger partial charge is 0.164 e. The van der Waals surface area contributed by atoms with E-state index in [0.717, 1.165) is 24.9 Å². The average Bonchev–Trinajstić information content (AvgIpc) is 2.78. The number of hydrogen-bond acceptors (Lipinski definition) is 1. The van der Waals surface area contributed by atoms with Crippen molar-refractivity contribution >= 4 is 5.78 Å². The topological polar surface area (TPSA) is 22.0 Å². The van der Waals surface area contributed by atoms with Crippen molar-refractivity contribution in [1.29, 1.82) is 0 Å². The molecule has 0 radical (unpaired) electrons. The maximum absolute atomic E-state index is 11.8. The predicted molar refractivity (Wildman–Crippen MR) is 76.7 cm³/mol. The summed E-state index contributed by atoms with van der Waals surface area (Å²) in [4.78, 5) is 11.8. The molecule has 2 aromatic rings. The van der Waals surface area contributed by atoms with Gasteiger partial charge in [0.25, 0.3) is 0 Å². The largest absolute Gasteiger partial charge is 0.349 e. The Bertz CT molecular complexity index is 637. The molecule has 0 spiro atoms. The second-order valence-corrected chi connectivity index (χ2v) is 5.56. The van der Waals surface area contributed by atoms with Crippen molar-refractivity contribution in [2.24, 2.45) is 0 Å². The SMILES string of the molecule is Cc1ccc(Cn2cc3c(c2)C(=O)CCC3)cc1C. The molecule has 98 valence electrons. The Kier molecular flexibility index (Phi) is 3.02. The number of carbonyl (C=O) groups excluding carboxylic acids is 1. The van der Waals surface area contributed by atoms with Gasteiger partial charge in [-0.1, -0.05) is 18.2 Å². The molecule has 0 amide bonds. The number of benzene rings is 1. The van der Waals surface area contributed by atoms with E-state index in [1.165, 1.54) is 22.3 Å². The molecule has 1 aliphatic carbocycles. The third-order valence-electron chi connectivity index (χ3n) is 4.05. The van der Waals surface area contributed by atoms with E-state index in [1.807, 2.05) is 6.20 Å². The van der Waals surface area contributed by atoms with E-state index in [-0.39, 0.29) is 0 Å². The fourth-order valence-corrected chi connectivity index (χ4v) is 2.78. The van der Waals surface area contributed by atoms with Gasteiger partial charge in [-0.15, -0.1) is 0 Å². The highest BCUT2D eigenvalue weighted by Gasteiger charge is 2.18. The van der Waals surface area contributed by atoms with Crippen LogP contribution in [0.15, 0.2) is 30.6 Å². The molecule has 1 aromatic heterocycles. The lowest BCUT2D eigenvalue weighted by Crippen LogP contribution is -2.07. The van der Waals surface area contributed by atoms with Crippen LogP contribution in [-0.4, -0.2) is 10.4 Å². The lowest BCUT2D eigenvalue weighted by Gasteiger charge is -2.07. The van der Waals surface area contributed by atoms with Crippen LogP contribution < -0.4 is 0 Å². The van der Waals surface area contributed by atoms with Crippen LogP contribution in [0.2, 0.25) is 0 Å². The molecular formula is C17H19NO. The van der Waals surface area contributed by atoms with Crippen LogP contribution in [-0.2, 0) is 13.0 Å². The van der Waals surface area contributed by atoms with Crippen molar-refractivity contribution in [3.05, 3.63) is 58.4 Å². The highest BCUT2D eigenvalue weighted by Crippen LogP contribution is 2.22. The first-order chi connectivity index (χ1) is 9.13. The fraction of sp³-hybridized carbons (Fsp3) is 0.353. The van der Waals surface area contributed by atoms with Crippen LogP contribution in [0.3, 0.4) is 0 Å². The van der Waals surface area contributed by atoms with Gasteiger partial charge in [-0.05, 0) is 48.9 Å². The van der Waals surface area contributed by atoms with Crippen LogP contribution in [0, 0.1) is 13.8 Å². The number of nitrogens with zero attached hydrogens (tertiary/aromatic N) is 1. The second-order valence-electron chi connectivity index (χ2n) is 5.56. The Morgan fingerprint density at radius 2 is 1.95 bits per heavy atom. The molecule has 0 bridgehead atoms. The van der Waals surface area contributed by atoms with E-state index >= 15 is 0 Å². The molecule has 2 heteroatoms. The first kappa shape index (κ1) is 12.2. The number of rotatable bonds is 2. The van der Waals surface area contributed by atoms with Gasteiger partial charge in [-0.3, -0.25) is 4.79 Å². The zero-order chi connectivity index (χ0) is 13.4. The summed E-state index contributed by atoms with van der Waals surface area (Å²) in [5.41, 5.74) is 6.11. The van der Waals surface area contributed by atoms with Crippen LogP contribution in [0.5, 0.6) is 0 Å². The molecule has 19 heavy (non-hydrogen) atoms. The van der Waals surface area contributed by atoms with E-state index < -0.39 is 0 Å². The molecular weight excluding hydrogens is 234 g/mol. The fourth-order valence-electron chi connectivity index (χ4n) is 2.78. The summed E-state index contributed by atoms with van der Waals surface area (Å²) in [7, 11) is 0. The van der Waals surface area contributed by atoms with Crippen molar-refractivity contribution in [3.8, 4) is 0 Å². The number of ketones is 1. The maximum atomic E-state index is 11.8. The Morgan fingerprint density at radius 1 is 1.11 bits per heavy atom. The number of aromatic nitrogens is 1. The lowest BCUT2D eigenvalue weighted by molar-refractivity contribution is 0.0973. The molecule has 1 heterocycles. The molecule has 0 saturated heterocycles. The van der Waals surface area contributed by atoms with Gasteiger partial charge in [0.05, 0.1) is 0 Å². The zero-order valence-corrected chi connectivity index (χ0v) is 11.6. The van der Waals surface area contributed by atoms with Gasteiger partial charge < -0.3 is 4.57 Å². The molecule has 2 nitrogen and oxygen atoms in total. The third kappa shape index (κ3) is 2.35. The van der Waals surface area contributed by atoms with E-state index in [0.29, 0.717) is 12.2 Å². The van der Waals surface area contributed by atoms with Gasteiger partial charge in [0.2, 0.25) is 0 Å². The number of fused-ring (bicyclic) bond motifs is 1. The first-order valence-corrected chi connectivity index (χ1v) is 6.91. The minimum absolute atomic E-state index is 0.306. The highest BCUT2D eigenvalue weighted by molar-refractivity contribution is 5.98. The molecule has 0 N–H and O–H groups in total. The maximum Gasteiger partial charge on any atom is 0.164 e. The monoisotopic (exact) mass is 253 g/mol. The van der Waals surface area contributed by atoms with E-state index in [2.05, 4.69) is 42.8 Å².